The van der Waals surface area contributed by atoms with Crippen LogP contribution in [0, 0.1) is 0 Å². The van der Waals surface area contributed by atoms with Gasteiger partial charge in [-0.1, -0.05) is 18.2 Å². The Bertz CT molecular complexity index is 812. The maximum atomic E-state index is 12.3. The molecule has 0 aliphatic carbocycles. The van der Waals surface area contributed by atoms with Crippen molar-refractivity contribution >= 4 is 11.6 Å². The molecule has 0 aromatic heterocycles. The predicted molar refractivity (Wildman–Crippen MR) is 98.5 cm³/mol. The highest BCUT2D eigenvalue weighted by atomic mass is 16.5. The second-order valence-electron chi connectivity index (χ2n) is 5.35. The highest BCUT2D eigenvalue weighted by Gasteiger charge is 2.07. The quantitative estimate of drug-likeness (QED) is 0.680. The zero-order valence-corrected chi connectivity index (χ0v) is 13.9. The molecule has 3 rings (SSSR count). The van der Waals surface area contributed by atoms with E-state index in [0.29, 0.717) is 17.9 Å². The van der Waals surface area contributed by atoms with Crippen LogP contribution in [0.4, 0.5) is 5.69 Å². The summed E-state index contributed by atoms with van der Waals surface area (Å²) >= 11 is 0. The van der Waals surface area contributed by atoms with Gasteiger partial charge in [0.25, 0.3) is 5.91 Å². The topological polar surface area (TPSA) is 47.6 Å². The van der Waals surface area contributed by atoms with Gasteiger partial charge in [0.15, 0.2) is 0 Å². The van der Waals surface area contributed by atoms with Gasteiger partial charge in [0.2, 0.25) is 0 Å². The van der Waals surface area contributed by atoms with Gasteiger partial charge >= 0.3 is 0 Å². The average molecular weight is 333 g/mol. The first kappa shape index (κ1) is 16.6. The predicted octanol–water partition coefficient (Wildman–Crippen LogP) is 5.13. The number of benzene rings is 3. The van der Waals surface area contributed by atoms with Crippen molar-refractivity contribution in [3.05, 3.63) is 84.4 Å². The average Bonchev–Trinajstić information content (AvgIpc) is 2.65. The summed E-state index contributed by atoms with van der Waals surface area (Å²) in [4.78, 5) is 12.3. The minimum absolute atomic E-state index is 0.171. The molecule has 0 fully saturated rings. The van der Waals surface area contributed by atoms with E-state index in [0.717, 1.165) is 17.2 Å². The van der Waals surface area contributed by atoms with Crippen LogP contribution in [0.5, 0.6) is 17.2 Å². The first-order chi connectivity index (χ1) is 12.2. The van der Waals surface area contributed by atoms with Gasteiger partial charge in [-0.15, -0.1) is 0 Å². The van der Waals surface area contributed by atoms with Gasteiger partial charge in [0.05, 0.1) is 6.61 Å². The molecule has 0 atom stereocenters. The first-order valence-corrected chi connectivity index (χ1v) is 8.12. The standard InChI is InChI=1S/C21H19NO3/c1-2-24-18-14-10-17(11-15-18)22-21(23)16-8-12-20(13-9-16)25-19-6-4-3-5-7-19/h3-15H,2H2,1H3,(H,22,23). The molecule has 1 N–H and O–H groups in total. The molecule has 0 aliphatic heterocycles. The van der Waals surface area contributed by atoms with Crippen molar-refractivity contribution in [2.45, 2.75) is 6.92 Å². The Morgan fingerprint density at radius 1 is 0.800 bits per heavy atom. The number of hydrogen-bond donors (Lipinski definition) is 1. The molecule has 4 nitrogen and oxygen atoms in total. The van der Waals surface area contributed by atoms with E-state index in [4.69, 9.17) is 9.47 Å². The van der Waals surface area contributed by atoms with Crippen LogP contribution >= 0.6 is 0 Å². The number of carbonyl (C=O) groups excluding carboxylic acids is 1. The molecule has 4 heteroatoms. The van der Waals surface area contributed by atoms with Crippen molar-refractivity contribution in [3.8, 4) is 17.2 Å². The van der Waals surface area contributed by atoms with Crippen LogP contribution in [-0.2, 0) is 0 Å². The minimum atomic E-state index is -0.171. The lowest BCUT2D eigenvalue weighted by Gasteiger charge is -2.08. The van der Waals surface area contributed by atoms with E-state index < -0.39 is 0 Å². The third kappa shape index (κ3) is 4.61. The van der Waals surface area contributed by atoms with E-state index >= 15 is 0 Å². The lowest BCUT2D eigenvalue weighted by molar-refractivity contribution is 0.102. The molecular formula is C21H19NO3. The number of carbonyl (C=O) groups is 1. The third-order valence-electron chi connectivity index (χ3n) is 3.52. The van der Waals surface area contributed by atoms with Gasteiger partial charge in [-0.25, -0.2) is 0 Å². The lowest BCUT2D eigenvalue weighted by atomic mass is 10.2. The SMILES string of the molecule is CCOc1ccc(NC(=O)c2ccc(Oc3ccccc3)cc2)cc1. The summed E-state index contributed by atoms with van der Waals surface area (Å²) in [7, 11) is 0. The highest BCUT2D eigenvalue weighted by Crippen LogP contribution is 2.22. The number of hydrogen-bond acceptors (Lipinski definition) is 3. The number of ether oxygens (including phenoxy) is 2. The monoisotopic (exact) mass is 333 g/mol. The van der Waals surface area contributed by atoms with Crippen molar-refractivity contribution in [3.63, 3.8) is 0 Å². The number of para-hydroxylation sites is 1. The van der Waals surface area contributed by atoms with Crippen LogP contribution < -0.4 is 14.8 Å². The molecule has 0 unspecified atom stereocenters. The molecule has 126 valence electrons. The smallest absolute Gasteiger partial charge is 0.255 e. The summed E-state index contributed by atoms with van der Waals surface area (Å²) in [5, 5.41) is 2.86. The zero-order valence-electron chi connectivity index (χ0n) is 13.9. The fourth-order valence-electron chi connectivity index (χ4n) is 2.30. The molecule has 1 amide bonds. The summed E-state index contributed by atoms with van der Waals surface area (Å²) in [5.41, 5.74) is 1.28. The molecule has 25 heavy (non-hydrogen) atoms. The van der Waals surface area contributed by atoms with Crippen LogP contribution in [0.2, 0.25) is 0 Å². The van der Waals surface area contributed by atoms with Gasteiger partial charge in [0.1, 0.15) is 17.2 Å². The molecule has 0 saturated carbocycles. The van der Waals surface area contributed by atoms with Crippen molar-refractivity contribution < 1.29 is 14.3 Å². The van der Waals surface area contributed by atoms with Crippen molar-refractivity contribution in [2.24, 2.45) is 0 Å². The Kier molecular flexibility index (Phi) is 5.32. The van der Waals surface area contributed by atoms with Crippen LogP contribution in [0.1, 0.15) is 17.3 Å². The van der Waals surface area contributed by atoms with Crippen LogP contribution in [0.3, 0.4) is 0 Å². The van der Waals surface area contributed by atoms with E-state index in [1.807, 2.05) is 61.5 Å². The number of rotatable bonds is 6. The van der Waals surface area contributed by atoms with E-state index in [1.165, 1.54) is 0 Å². The molecular weight excluding hydrogens is 314 g/mol. The van der Waals surface area contributed by atoms with Crippen LogP contribution in [-0.4, -0.2) is 12.5 Å². The molecule has 0 saturated heterocycles. The fraction of sp³-hybridized carbons (Fsp3) is 0.0952. The molecule has 3 aromatic carbocycles. The van der Waals surface area contributed by atoms with E-state index in [2.05, 4.69) is 5.32 Å². The summed E-state index contributed by atoms with van der Waals surface area (Å²) in [6, 6.07) is 23.8. The minimum Gasteiger partial charge on any atom is -0.494 e. The van der Waals surface area contributed by atoms with Crippen molar-refractivity contribution in [2.75, 3.05) is 11.9 Å². The van der Waals surface area contributed by atoms with Crippen molar-refractivity contribution in [1.82, 2.24) is 0 Å². The maximum Gasteiger partial charge on any atom is 0.255 e. The summed E-state index contributed by atoms with van der Waals surface area (Å²) in [6.45, 7) is 2.55. The maximum absolute atomic E-state index is 12.3. The second kappa shape index (κ2) is 8.02. The summed E-state index contributed by atoms with van der Waals surface area (Å²) in [5.74, 6) is 2.05. The van der Waals surface area contributed by atoms with Gasteiger partial charge in [-0.2, -0.15) is 0 Å². The van der Waals surface area contributed by atoms with Gasteiger partial charge < -0.3 is 14.8 Å². The Morgan fingerprint density at radius 2 is 1.40 bits per heavy atom. The number of nitrogens with one attached hydrogen (secondary N) is 1. The Balaban J connectivity index is 1.62. The molecule has 0 radical (unpaired) electrons. The summed E-state index contributed by atoms with van der Waals surface area (Å²) < 4.78 is 11.1. The molecule has 0 spiro atoms. The second-order valence-corrected chi connectivity index (χ2v) is 5.35. The Morgan fingerprint density at radius 3 is 2.04 bits per heavy atom. The zero-order chi connectivity index (χ0) is 17.5. The molecule has 3 aromatic rings. The molecule has 0 bridgehead atoms. The Labute approximate surface area is 147 Å². The van der Waals surface area contributed by atoms with Crippen LogP contribution in [0.25, 0.3) is 0 Å². The van der Waals surface area contributed by atoms with E-state index in [9.17, 15) is 4.79 Å². The highest BCUT2D eigenvalue weighted by molar-refractivity contribution is 6.04. The first-order valence-electron chi connectivity index (χ1n) is 8.12. The summed E-state index contributed by atoms with van der Waals surface area (Å²) in [6.07, 6.45) is 0. The largest absolute Gasteiger partial charge is 0.494 e. The third-order valence-corrected chi connectivity index (χ3v) is 3.52. The van der Waals surface area contributed by atoms with Crippen LogP contribution in [0.15, 0.2) is 78.9 Å². The van der Waals surface area contributed by atoms with Crippen molar-refractivity contribution in [1.29, 1.82) is 0 Å². The number of amides is 1. The normalized spacial score (nSPS) is 10.1. The van der Waals surface area contributed by atoms with E-state index in [-0.39, 0.29) is 5.91 Å². The number of anilines is 1. The lowest BCUT2D eigenvalue weighted by Crippen LogP contribution is -2.11. The van der Waals surface area contributed by atoms with E-state index in [1.54, 1.807) is 24.3 Å². The van der Waals surface area contributed by atoms with Gasteiger partial charge in [-0.3, -0.25) is 4.79 Å². The molecule has 0 heterocycles. The van der Waals surface area contributed by atoms with Gasteiger partial charge in [-0.05, 0) is 67.6 Å². The molecule has 0 aliphatic rings. The fourth-order valence-corrected chi connectivity index (χ4v) is 2.30. The Hall–Kier alpha value is -3.27. The van der Waals surface area contributed by atoms with Gasteiger partial charge in [0, 0.05) is 11.3 Å².